The fourth-order valence-corrected chi connectivity index (χ4v) is 1.56. The molecular formula is C11H12BrN3O. The number of nitrogens with zero attached hydrogens (tertiary/aromatic N) is 3. The number of hydrogen-bond donors (Lipinski definition) is 0. The Morgan fingerprint density at radius 2 is 1.88 bits per heavy atom. The van der Waals surface area contributed by atoms with Gasteiger partial charge in [-0.3, -0.25) is 0 Å². The second kappa shape index (κ2) is 4.76. The Labute approximate surface area is 102 Å². The van der Waals surface area contributed by atoms with E-state index in [4.69, 9.17) is 4.42 Å². The van der Waals surface area contributed by atoms with Crippen molar-refractivity contribution in [2.75, 3.05) is 14.1 Å². The summed E-state index contributed by atoms with van der Waals surface area (Å²) >= 11 is 3.38. The molecule has 0 unspecified atom stereocenters. The SMILES string of the molecule is CN(C)Cc1nnc(-c2ccc(Br)cc2)o1. The molecule has 0 bridgehead atoms. The van der Waals surface area contributed by atoms with Crippen molar-refractivity contribution in [3.8, 4) is 11.5 Å². The molecule has 2 rings (SSSR count). The quantitative estimate of drug-likeness (QED) is 0.867. The molecule has 0 saturated heterocycles. The molecule has 5 heteroatoms. The highest BCUT2D eigenvalue weighted by atomic mass is 79.9. The maximum Gasteiger partial charge on any atom is 0.247 e. The van der Waals surface area contributed by atoms with Gasteiger partial charge in [-0.05, 0) is 38.4 Å². The zero-order valence-electron chi connectivity index (χ0n) is 9.14. The van der Waals surface area contributed by atoms with E-state index in [-0.39, 0.29) is 0 Å². The van der Waals surface area contributed by atoms with Crippen LogP contribution in [-0.2, 0) is 6.54 Å². The van der Waals surface area contributed by atoms with Crippen molar-refractivity contribution in [2.24, 2.45) is 0 Å². The summed E-state index contributed by atoms with van der Waals surface area (Å²) in [6, 6.07) is 7.78. The van der Waals surface area contributed by atoms with Crippen LogP contribution in [0.4, 0.5) is 0 Å². The third-order valence-corrected chi connectivity index (χ3v) is 2.54. The highest BCUT2D eigenvalue weighted by Crippen LogP contribution is 2.20. The van der Waals surface area contributed by atoms with Gasteiger partial charge in [-0.15, -0.1) is 10.2 Å². The number of hydrogen-bond acceptors (Lipinski definition) is 4. The van der Waals surface area contributed by atoms with Gasteiger partial charge in [-0.25, -0.2) is 0 Å². The first-order chi connectivity index (χ1) is 7.65. The zero-order valence-corrected chi connectivity index (χ0v) is 10.7. The average molecular weight is 282 g/mol. The minimum atomic E-state index is 0.560. The van der Waals surface area contributed by atoms with E-state index in [1.54, 1.807) is 0 Å². The van der Waals surface area contributed by atoms with Gasteiger partial charge in [0, 0.05) is 10.0 Å². The van der Waals surface area contributed by atoms with Crippen LogP contribution in [0.1, 0.15) is 5.89 Å². The highest BCUT2D eigenvalue weighted by molar-refractivity contribution is 9.10. The van der Waals surface area contributed by atoms with Crippen molar-refractivity contribution in [3.05, 3.63) is 34.6 Å². The molecule has 1 aromatic carbocycles. The van der Waals surface area contributed by atoms with Crippen molar-refractivity contribution < 1.29 is 4.42 Å². The van der Waals surface area contributed by atoms with E-state index in [1.165, 1.54) is 0 Å². The molecule has 2 aromatic rings. The lowest BCUT2D eigenvalue weighted by molar-refractivity contribution is 0.344. The van der Waals surface area contributed by atoms with Crippen molar-refractivity contribution in [1.29, 1.82) is 0 Å². The van der Waals surface area contributed by atoms with Crippen LogP contribution >= 0.6 is 15.9 Å². The molecule has 84 valence electrons. The smallest absolute Gasteiger partial charge is 0.247 e. The Morgan fingerprint density at radius 3 is 2.50 bits per heavy atom. The molecule has 0 saturated carbocycles. The van der Waals surface area contributed by atoms with E-state index >= 15 is 0 Å². The summed E-state index contributed by atoms with van der Waals surface area (Å²) in [5.74, 6) is 1.19. The van der Waals surface area contributed by atoms with Gasteiger partial charge in [0.25, 0.3) is 0 Å². The van der Waals surface area contributed by atoms with Crippen LogP contribution in [0.15, 0.2) is 33.2 Å². The minimum Gasteiger partial charge on any atom is -0.419 e. The lowest BCUT2D eigenvalue weighted by atomic mass is 10.2. The topological polar surface area (TPSA) is 42.2 Å². The summed E-state index contributed by atoms with van der Waals surface area (Å²) in [4.78, 5) is 1.98. The summed E-state index contributed by atoms with van der Waals surface area (Å²) in [5.41, 5.74) is 0.931. The predicted octanol–water partition coefficient (Wildman–Crippen LogP) is 2.56. The van der Waals surface area contributed by atoms with Crippen molar-refractivity contribution in [3.63, 3.8) is 0 Å². The van der Waals surface area contributed by atoms with E-state index < -0.39 is 0 Å². The van der Waals surface area contributed by atoms with Crippen LogP contribution in [0.25, 0.3) is 11.5 Å². The van der Waals surface area contributed by atoms with Gasteiger partial charge in [0.1, 0.15) is 0 Å². The maximum absolute atomic E-state index is 5.54. The van der Waals surface area contributed by atoms with E-state index in [2.05, 4.69) is 26.1 Å². The van der Waals surface area contributed by atoms with Gasteiger partial charge >= 0.3 is 0 Å². The van der Waals surface area contributed by atoms with Crippen LogP contribution in [0, 0.1) is 0 Å². The first kappa shape index (κ1) is 11.3. The normalized spacial score (nSPS) is 11.0. The number of rotatable bonds is 3. The van der Waals surface area contributed by atoms with Crippen LogP contribution in [0.5, 0.6) is 0 Å². The van der Waals surface area contributed by atoms with Crippen molar-refractivity contribution in [2.45, 2.75) is 6.54 Å². The fourth-order valence-electron chi connectivity index (χ4n) is 1.30. The molecule has 0 aliphatic heterocycles. The molecule has 1 aromatic heterocycles. The second-order valence-corrected chi connectivity index (χ2v) is 4.66. The summed E-state index contributed by atoms with van der Waals surface area (Å²) in [5, 5.41) is 8.00. The Morgan fingerprint density at radius 1 is 1.19 bits per heavy atom. The molecule has 0 amide bonds. The second-order valence-electron chi connectivity index (χ2n) is 3.75. The molecule has 0 N–H and O–H groups in total. The van der Waals surface area contributed by atoms with Gasteiger partial charge in [-0.2, -0.15) is 0 Å². The molecule has 0 atom stereocenters. The lowest BCUT2D eigenvalue weighted by Gasteiger charge is -2.03. The Balaban J connectivity index is 2.21. The standard InChI is InChI=1S/C11H12BrN3O/c1-15(2)7-10-13-14-11(16-10)8-3-5-9(12)6-4-8/h3-6H,7H2,1-2H3. The van der Waals surface area contributed by atoms with E-state index in [0.717, 1.165) is 10.0 Å². The molecule has 0 aliphatic carbocycles. The van der Waals surface area contributed by atoms with E-state index in [1.807, 2.05) is 43.3 Å². The molecular weight excluding hydrogens is 270 g/mol. The first-order valence-corrected chi connectivity index (χ1v) is 5.67. The van der Waals surface area contributed by atoms with Crippen LogP contribution in [0.3, 0.4) is 0 Å². The monoisotopic (exact) mass is 281 g/mol. The summed E-state index contributed by atoms with van der Waals surface area (Å²) in [7, 11) is 3.92. The average Bonchev–Trinajstić information content (AvgIpc) is 2.66. The van der Waals surface area contributed by atoms with Gasteiger partial charge < -0.3 is 9.32 Å². The van der Waals surface area contributed by atoms with Gasteiger partial charge in [0.2, 0.25) is 11.8 Å². The fraction of sp³-hybridized carbons (Fsp3) is 0.273. The molecule has 4 nitrogen and oxygen atoms in total. The van der Waals surface area contributed by atoms with Crippen molar-refractivity contribution >= 4 is 15.9 Å². The third-order valence-electron chi connectivity index (χ3n) is 2.01. The lowest BCUT2D eigenvalue weighted by Crippen LogP contribution is -2.10. The molecule has 0 spiro atoms. The molecule has 0 aliphatic rings. The van der Waals surface area contributed by atoms with Gasteiger partial charge in [0.05, 0.1) is 6.54 Å². The van der Waals surface area contributed by atoms with Crippen molar-refractivity contribution in [1.82, 2.24) is 15.1 Å². The highest BCUT2D eigenvalue weighted by Gasteiger charge is 2.08. The van der Waals surface area contributed by atoms with Crippen LogP contribution in [0.2, 0.25) is 0 Å². The minimum absolute atomic E-state index is 0.560. The predicted molar refractivity (Wildman–Crippen MR) is 64.8 cm³/mol. The number of aromatic nitrogens is 2. The number of benzene rings is 1. The maximum atomic E-state index is 5.54. The van der Waals surface area contributed by atoms with E-state index in [0.29, 0.717) is 18.3 Å². The van der Waals surface area contributed by atoms with Gasteiger partial charge in [0.15, 0.2) is 0 Å². The Kier molecular flexibility index (Phi) is 3.36. The largest absolute Gasteiger partial charge is 0.419 e. The van der Waals surface area contributed by atoms with Crippen LogP contribution < -0.4 is 0 Å². The molecule has 0 fully saturated rings. The van der Waals surface area contributed by atoms with E-state index in [9.17, 15) is 0 Å². The number of halogens is 1. The molecule has 1 heterocycles. The zero-order chi connectivity index (χ0) is 11.5. The Hall–Kier alpha value is -1.20. The first-order valence-electron chi connectivity index (χ1n) is 4.88. The molecule has 16 heavy (non-hydrogen) atoms. The summed E-state index contributed by atoms with van der Waals surface area (Å²) < 4.78 is 6.57. The Bertz CT molecular complexity index is 464. The third kappa shape index (κ3) is 2.68. The van der Waals surface area contributed by atoms with Gasteiger partial charge in [-0.1, -0.05) is 15.9 Å². The summed E-state index contributed by atoms with van der Waals surface area (Å²) in [6.07, 6.45) is 0. The van der Waals surface area contributed by atoms with Crippen LogP contribution in [-0.4, -0.2) is 29.2 Å². The summed E-state index contributed by atoms with van der Waals surface area (Å²) in [6.45, 7) is 0.656. The molecule has 0 radical (unpaired) electrons.